The summed E-state index contributed by atoms with van der Waals surface area (Å²) < 4.78 is 6.53. The number of halogens is 1. The van der Waals surface area contributed by atoms with Crippen LogP contribution in [0.3, 0.4) is 0 Å². The van der Waals surface area contributed by atoms with Gasteiger partial charge in [0.25, 0.3) is 0 Å². The molecule has 0 aliphatic rings. The van der Waals surface area contributed by atoms with Crippen LogP contribution in [0.5, 0.6) is 0 Å². The quantitative estimate of drug-likeness (QED) is 0.768. The van der Waals surface area contributed by atoms with E-state index in [0.717, 1.165) is 10.9 Å². The van der Waals surface area contributed by atoms with E-state index in [-0.39, 0.29) is 18.0 Å². The molecule has 0 radical (unpaired) electrons. The first kappa shape index (κ1) is 13.4. The zero-order chi connectivity index (χ0) is 12.2. The molecule has 0 bridgehead atoms. The van der Waals surface area contributed by atoms with Gasteiger partial charge in [-0.15, -0.1) is 0 Å². The molecule has 0 saturated heterocycles. The summed E-state index contributed by atoms with van der Waals surface area (Å²) in [7, 11) is 0. The molecule has 0 atom stereocenters. The van der Waals surface area contributed by atoms with E-state index in [1.165, 1.54) is 0 Å². The third-order valence-electron chi connectivity index (χ3n) is 2.61. The monoisotopic (exact) mass is 284 g/mol. The van der Waals surface area contributed by atoms with Gasteiger partial charge >= 0.3 is 0 Å². The first-order valence-electron chi connectivity index (χ1n) is 5.37. The van der Waals surface area contributed by atoms with Crippen molar-refractivity contribution in [3.8, 4) is 0 Å². The van der Waals surface area contributed by atoms with Crippen LogP contribution in [0.25, 0.3) is 0 Å². The third-order valence-corrected chi connectivity index (χ3v) is 3.14. The maximum atomic E-state index is 11.8. The van der Waals surface area contributed by atoms with Crippen LogP contribution in [0.1, 0.15) is 37.6 Å². The Hall–Kier alpha value is -0.670. The maximum Gasteiger partial charge on any atom is 0.188 e. The Bertz CT molecular complexity index is 355. The summed E-state index contributed by atoms with van der Waals surface area (Å²) in [6, 6.07) is 7.32. The molecule has 0 amide bonds. The fourth-order valence-electron chi connectivity index (χ4n) is 1.08. The Balaban J connectivity index is 2.56. The van der Waals surface area contributed by atoms with Crippen molar-refractivity contribution >= 4 is 21.7 Å². The Morgan fingerprint density at radius 2 is 1.88 bits per heavy atom. The maximum absolute atomic E-state index is 11.8. The van der Waals surface area contributed by atoms with Crippen molar-refractivity contribution in [2.45, 2.75) is 32.8 Å². The first-order chi connectivity index (χ1) is 7.44. The van der Waals surface area contributed by atoms with Gasteiger partial charge in [-0.05, 0) is 32.4 Å². The van der Waals surface area contributed by atoms with Gasteiger partial charge in [-0.3, -0.25) is 4.79 Å². The predicted octanol–water partition coefficient (Wildman–Crippen LogP) is 3.84. The lowest BCUT2D eigenvalue weighted by molar-refractivity contribution is -0.0122. The van der Waals surface area contributed by atoms with Crippen molar-refractivity contribution < 1.29 is 9.53 Å². The second-order valence-corrected chi connectivity index (χ2v) is 5.25. The molecule has 2 nitrogen and oxygen atoms in total. The van der Waals surface area contributed by atoms with Crippen LogP contribution in [-0.4, -0.2) is 18.0 Å². The number of ether oxygens (including phenoxy) is 1. The van der Waals surface area contributed by atoms with E-state index in [9.17, 15) is 4.79 Å². The van der Waals surface area contributed by atoms with Crippen LogP contribution in [0.4, 0.5) is 0 Å². The van der Waals surface area contributed by atoms with Gasteiger partial charge in [0.05, 0.1) is 5.60 Å². The van der Waals surface area contributed by atoms with Gasteiger partial charge in [0, 0.05) is 10.0 Å². The smallest absolute Gasteiger partial charge is 0.188 e. The van der Waals surface area contributed by atoms with Gasteiger partial charge in [0.15, 0.2) is 5.78 Å². The minimum absolute atomic E-state index is 0.0222. The fraction of sp³-hybridized carbons (Fsp3) is 0.462. The molecule has 1 aromatic rings. The highest BCUT2D eigenvalue weighted by atomic mass is 79.9. The fourth-order valence-corrected chi connectivity index (χ4v) is 1.35. The zero-order valence-electron chi connectivity index (χ0n) is 9.92. The Labute approximate surface area is 105 Å². The van der Waals surface area contributed by atoms with E-state index < -0.39 is 0 Å². The molecule has 0 heterocycles. The van der Waals surface area contributed by atoms with Crippen LogP contribution in [0.15, 0.2) is 28.7 Å². The molecule has 0 aliphatic heterocycles. The zero-order valence-corrected chi connectivity index (χ0v) is 11.5. The summed E-state index contributed by atoms with van der Waals surface area (Å²) in [4.78, 5) is 11.8. The molecule has 0 aromatic heterocycles. The number of hydrogen-bond acceptors (Lipinski definition) is 2. The SMILES string of the molecule is CCC(C)(C)OCC(=O)c1ccc(Br)cc1. The van der Waals surface area contributed by atoms with E-state index in [4.69, 9.17) is 4.74 Å². The van der Waals surface area contributed by atoms with Crippen molar-refractivity contribution in [3.63, 3.8) is 0 Å². The highest BCUT2D eigenvalue weighted by Gasteiger charge is 2.17. The summed E-state index contributed by atoms with van der Waals surface area (Å²) >= 11 is 3.33. The molecule has 0 fully saturated rings. The summed E-state index contributed by atoms with van der Waals surface area (Å²) in [6.07, 6.45) is 0.890. The van der Waals surface area contributed by atoms with Crippen molar-refractivity contribution in [1.29, 1.82) is 0 Å². The predicted molar refractivity (Wildman–Crippen MR) is 68.8 cm³/mol. The molecule has 0 unspecified atom stereocenters. The molecule has 0 aliphatic carbocycles. The first-order valence-corrected chi connectivity index (χ1v) is 6.16. The Morgan fingerprint density at radius 1 is 1.31 bits per heavy atom. The molecule has 0 saturated carbocycles. The molecule has 1 rings (SSSR count). The van der Waals surface area contributed by atoms with Crippen molar-refractivity contribution in [2.75, 3.05) is 6.61 Å². The number of rotatable bonds is 5. The molecule has 3 heteroatoms. The van der Waals surface area contributed by atoms with Gasteiger partial charge in [-0.25, -0.2) is 0 Å². The van der Waals surface area contributed by atoms with Gasteiger partial charge in [0.2, 0.25) is 0 Å². The number of Topliss-reactive ketones (excluding diaryl/α,β-unsaturated/α-hetero) is 1. The lowest BCUT2D eigenvalue weighted by Gasteiger charge is -2.22. The van der Waals surface area contributed by atoms with Crippen molar-refractivity contribution in [3.05, 3.63) is 34.3 Å². The number of carbonyl (C=O) groups excluding carboxylic acids is 1. The lowest BCUT2D eigenvalue weighted by Crippen LogP contribution is -2.26. The highest BCUT2D eigenvalue weighted by molar-refractivity contribution is 9.10. The van der Waals surface area contributed by atoms with Crippen molar-refractivity contribution in [2.24, 2.45) is 0 Å². The molecule has 0 N–H and O–H groups in total. The Morgan fingerprint density at radius 3 is 2.38 bits per heavy atom. The normalized spacial score (nSPS) is 11.5. The largest absolute Gasteiger partial charge is 0.367 e. The van der Waals surface area contributed by atoms with Gasteiger partial charge in [0.1, 0.15) is 6.61 Å². The van der Waals surface area contributed by atoms with E-state index in [0.29, 0.717) is 5.56 Å². The van der Waals surface area contributed by atoms with Crippen LogP contribution in [0.2, 0.25) is 0 Å². The third kappa shape index (κ3) is 4.06. The van der Waals surface area contributed by atoms with Crippen LogP contribution in [0, 0.1) is 0 Å². The summed E-state index contributed by atoms with van der Waals surface area (Å²) in [6.45, 7) is 6.16. The standard InChI is InChI=1S/C13H17BrO2/c1-4-13(2,3)16-9-12(15)10-5-7-11(14)8-6-10/h5-8H,4,9H2,1-3H3. The van der Waals surface area contributed by atoms with Crippen LogP contribution in [-0.2, 0) is 4.74 Å². The second-order valence-electron chi connectivity index (χ2n) is 4.33. The topological polar surface area (TPSA) is 26.3 Å². The molecule has 16 heavy (non-hydrogen) atoms. The lowest BCUT2D eigenvalue weighted by atomic mass is 10.1. The van der Waals surface area contributed by atoms with Gasteiger partial charge in [-0.1, -0.05) is 35.0 Å². The van der Waals surface area contributed by atoms with Gasteiger partial charge < -0.3 is 4.74 Å². The molecular formula is C13H17BrO2. The summed E-state index contributed by atoms with van der Waals surface area (Å²) in [5, 5.41) is 0. The van der Waals surface area contributed by atoms with Crippen LogP contribution >= 0.6 is 15.9 Å². The molecule has 88 valence electrons. The number of hydrogen-bond donors (Lipinski definition) is 0. The van der Waals surface area contributed by atoms with Crippen molar-refractivity contribution in [1.82, 2.24) is 0 Å². The molecular weight excluding hydrogens is 268 g/mol. The minimum atomic E-state index is -0.231. The minimum Gasteiger partial charge on any atom is -0.367 e. The second kappa shape index (κ2) is 5.60. The van der Waals surface area contributed by atoms with E-state index in [1.807, 2.05) is 32.9 Å². The summed E-state index contributed by atoms with van der Waals surface area (Å²) in [5.74, 6) is 0.0222. The Kier molecular flexibility index (Phi) is 4.69. The number of benzene rings is 1. The average Bonchev–Trinajstić information content (AvgIpc) is 2.27. The summed E-state index contributed by atoms with van der Waals surface area (Å²) in [5.41, 5.74) is 0.459. The number of carbonyl (C=O) groups is 1. The van der Waals surface area contributed by atoms with Crippen LogP contribution < -0.4 is 0 Å². The van der Waals surface area contributed by atoms with E-state index >= 15 is 0 Å². The molecule has 1 aromatic carbocycles. The van der Waals surface area contributed by atoms with E-state index in [1.54, 1.807) is 12.1 Å². The highest BCUT2D eigenvalue weighted by Crippen LogP contribution is 2.15. The van der Waals surface area contributed by atoms with Gasteiger partial charge in [-0.2, -0.15) is 0 Å². The molecule has 0 spiro atoms. The average molecular weight is 285 g/mol. The van der Waals surface area contributed by atoms with E-state index in [2.05, 4.69) is 15.9 Å². The number of ketones is 1.